The third kappa shape index (κ3) is 4.51. The van der Waals surface area contributed by atoms with Crippen molar-refractivity contribution in [3.63, 3.8) is 0 Å². The van der Waals surface area contributed by atoms with E-state index in [2.05, 4.69) is 25.6 Å². The number of nitrogens with zero attached hydrogens (tertiary/aromatic N) is 4. The SMILES string of the molecule is NC1=NC(N)C(Cl)N=C1C(=O)/N=C1\NCC2(CCN(C(=O)c3ccc(Cl)cc3)CC2)N1. The predicted octanol–water partition coefficient (Wildman–Crippen LogP) is 0.0517. The Morgan fingerprint density at radius 3 is 2.55 bits per heavy atom. The van der Waals surface area contributed by atoms with Crippen LogP contribution in [0.5, 0.6) is 0 Å². The Kier molecular flexibility index (Phi) is 5.87. The zero-order chi connectivity index (χ0) is 22.2. The largest absolute Gasteiger partial charge is 0.382 e. The molecule has 164 valence electrons. The van der Waals surface area contributed by atoms with Gasteiger partial charge < -0.3 is 27.0 Å². The predicted molar refractivity (Wildman–Crippen MR) is 120 cm³/mol. The van der Waals surface area contributed by atoms with Crippen LogP contribution in [0.1, 0.15) is 23.2 Å². The zero-order valence-electron chi connectivity index (χ0n) is 16.5. The van der Waals surface area contributed by atoms with Crippen molar-refractivity contribution >= 4 is 52.5 Å². The van der Waals surface area contributed by atoms with E-state index in [-0.39, 0.29) is 23.0 Å². The summed E-state index contributed by atoms with van der Waals surface area (Å²) in [5, 5.41) is 6.99. The van der Waals surface area contributed by atoms with Gasteiger partial charge in [-0.25, -0.2) is 4.99 Å². The molecule has 2 unspecified atom stereocenters. The van der Waals surface area contributed by atoms with Crippen LogP contribution in [0.2, 0.25) is 5.02 Å². The van der Waals surface area contributed by atoms with Gasteiger partial charge >= 0.3 is 5.91 Å². The summed E-state index contributed by atoms with van der Waals surface area (Å²) in [5.41, 5.74) is 10.7. The maximum atomic E-state index is 12.7. The Morgan fingerprint density at radius 1 is 1.19 bits per heavy atom. The normalized spacial score (nSPS) is 26.2. The van der Waals surface area contributed by atoms with Crippen molar-refractivity contribution in [2.24, 2.45) is 26.4 Å². The molecule has 3 aliphatic heterocycles. The molecule has 6 N–H and O–H groups in total. The molecule has 3 heterocycles. The van der Waals surface area contributed by atoms with Crippen LogP contribution in [0.3, 0.4) is 0 Å². The van der Waals surface area contributed by atoms with Crippen molar-refractivity contribution in [1.29, 1.82) is 0 Å². The van der Waals surface area contributed by atoms with E-state index < -0.39 is 17.6 Å². The van der Waals surface area contributed by atoms with Crippen molar-refractivity contribution < 1.29 is 9.59 Å². The molecule has 1 aromatic rings. The molecule has 2 atom stereocenters. The average molecular weight is 465 g/mol. The van der Waals surface area contributed by atoms with Gasteiger partial charge in [0.2, 0.25) is 0 Å². The van der Waals surface area contributed by atoms with Gasteiger partial charge in [0.05, 0.1) is 5.54 Å². The minimum Gasteiger partial charge on any atom is -0.382 e. The molecule has 0 bridgehead atoms. The lowest BCUT2D eigenvalue weighted by Gasteiger charge is -2.38. The summed E-state index contributed by atoms with van der Waals surface area (Å²) in [6, 6.07) is 6.86. The average Bonchev–Trinajstić information content (AvgIpc) is 3.13. The van der Waals surface area contributed by atoms with Gasteiger partial charge in [-0.1, -0.05) is 23.2 Å². The summed E-state index contributed by atoms with van der Waals surface area (Å²) in [6.45, 7) is 1.74. The molecular formula is C19H22Cl2N8O2. The number of amidine groups is 1. The highest BCUT2D eigenvalue weighted by Crippen LogP contribution is 2.25. The van der Waals surface area contributed by atoms with Gasteiger partial charge in [0.1, 0.15) is 6.17 Å². The number of alkyl halides is 1. The smallest absolute Gasteiger partial charge is 0.302 e. The summed E-state index contributed by atoms with van der Waals surface area (Å²) >= 11 is 11.8. The molecule has 0 aromatic heterocycles. The van der Waals surface area contributed by atoms with Crippen LogP contribution in [0.25, 0.3) is 0 Å². The Bertz CT molecular complexity index is 983. The number of likely N-dealkylation sites (tertiary alicyclic amines) is 1. The molecule has 0 radical (unpaired) electrons. The second kappa shape index (κ2) is 8.45. The first-order valence-electron chi connectivity index (χ1n) is 9.77. The van der Waals surface area contributed by atoms with Crippen molar-refractivity contribution in [3.8, 4) is 0 Å². The number of amides is 2. The van der Waals surface area contributed by atoms with E-state index in [9.17, 15) is 9.59 Å². The lowest BCUT2D eigenvalue weighted by atomic mass is 9.88. The van der Waals surface area contributed by atoms with Crippen LogP contribution in [0.15, 0.2) is 39.2 Å². The number of hydrogen-bond acceptors (Lipinski definition) is 6. The van der Waals surface area contributed by atoms with E-state index >= 15 is 0 Å². The molecule has 1 spiro atoms. The highest BCUT2D eigenvalue weighted by atomic mass is 35.5. The number of benzene rings is 1. The number of carbonyl (C=O) groups is 2. The van der Waals surface area contributed by atoms with Crippen molar-refractivity contribution in [2.75, 3.05) is 19.6 Å². The minimum absolute atomic E-state index is 0.0274. The third-order valence-electron chi connectivity index (χ3n) is 5.56. The zero-order valence-corrected chi connectivity index (χ0v) is 18.0. The maximum Gasteiger partial charge on any atom is 0.302 e. The number of rotatable bonds is 2. The Hall–Kier alpha value is -2.69. The van der Waals surface area contributed by atoms with E-state index in [1.54, 1.807) is 24.3 Å². The van der Waals surface area contributed by atoms with Crippen LogP contribution >= 0.6 is 23.2 Å². The van der Waals surface area contributed by atoms with Crippen LogP contribution in [-0.4, -0.2) is 71.1 Å². The third-order valence-corrected chi connectivity index (χ3v) is 6.17. The minimum atomic E-state index is -0.871. The van der Waals surface area contributed by atoms with Gasteiger partial charge in [-0.2, -0.15) is 4.99 Å². The van der Waals surface area contributed by atoms with Gasteiger partial charge in [-0.05, 0) is 37.1 Å². The molecule has 31 heavy (non-hydrogen) atoms. The molecule has 3 aliphatic rings. The van der Waals surface area contributed by atoms with E-state index in [1.807, 2.05) is 4.90 Å². The second-order valence-corrected chi connectivity index (χ2v) is 8.56. The quantitative estimate of drug-likeness (QED) is 0.358. The van der Waals surface area contributed by atoms with Crippen molar-refractivity contribution in [2.45, 2.75) is 30.0 Å². The van der Waals surface area contributed by atoms with Crippen LogP contribution in [-0.2, 0) is 4.79 Å². The summed E-state index contributed by atoms with van der Waals surface area (Å²) < 4.78 is 0. The number of halogens is 2. The number of nitrogens with one attached hydrogen (secondary N) is 2. The Morgan fingerprint density at radius 2 is 1.87 bits per heavy atom. The summed E-state index contributed by atoms with van der Waals surface area (Å²) in [7, 11) is 0. The van der Waals surface area contributed by atoms with Gasteiger partial charge in [-0.3, -0.25) is 14.6 Å². The first-order chi connectivity index (χ1) is 14.8. The van der Waals surface area contributed by atoms with Crippen LogP contribution in [0.4, 0.5) is 0 Å². The summed E-state index contributed by atoms with van der Waals surface area (Å²) in [4.78, 5) is 38.9. The van der Waals surface area contributed by atoms with Gasteiger partial charge in [0.25, 0.3) is 5.91 Å². The molecule has 10 nitrogen and oxygen atoms in total. The topological polar surface area (TPSA) is 151 Å². The Balaban J connectivity index is 1.37. The number of piperidine rings is 1. The first kappa shape index (κ1) is 21.5. The van der Waals surface area contributed by atoms with Gasteiger partial charge in [-0.15, -0.1) is 0 Å². The number of carbonyl (C=O) groups excluding carboxylic acids is 2. The molecule has 2 amide bonds. The lowest BCUT2D eigenvalue weighted by Crippen LogP contribution is -2.53. The summed E-state index contributed by atoms with van der Waals surface area (Å²) in [6.07, 6.45) is 0.614. The molecule has 0 saturated carbocycles. The molecule has 12 heteroatoms. The number of aliphatic imine (C=N–C) groups is 3. The van der Waals surface area contributed by atoms with E-state index in [0.29, 0.717) is 49.0 Å². The van der Waals surface area contributed by atoms with Gasteiger partial charge in [0.15, 0.2) is 23.0 Å². The lowest BCUT2D eigenvalue weighted by molar-refractivity contribution is -0.111. The fraction of sp³-hybridized carbons (Fsp3) is 0.421. The number of nitrogens with two attached hydrogens (primary N) is 2. The Labute approximate surface area is 188 Å². The molecule has 0 aliphatic carbocycles. The fourth-order valence-electron chi connectivity index (χ4n) is 3.74. The second-order valence-electron chi connectivity index (χ2n) is 7.68. The molecule has 1 aromatic carbocycles. The standard InChI is InChI=1S/C19H22Cl2N8O2/c20-11-3-1-10(2-4-11)17(31)29-7-5-19(6-8-29)9-24-18(28-19)27-16(30)12-14(22)26-15(23)13(21)25-12/h1-4,13,15H,5-9,23H2,(H2,22,26)(H2,24,27,28,30). The van der Waals surface area contributed by atoms with Crippen molar-refractivity contribution in [1.82, 2.24) is 15.5 Å². The highest BCUT2D eigenvalue weighted by molar-refractivity contribution is 6.67. The monoisotopic (exact) mass is 464 g/mol. The molecule has 2 fully saturated rings. The van der Waals surface area contributed by atoms with E-state index in [0.717, 1.165) is 0 Å². The first-order valence-corrected chi connectivity index (χ1v) is 10.6. The maximum absolute atomic E-state index is 12.7. The number of guanidine groups is 1. The molecule has 4 rings (SSSR count). The summed E-state index contributed by atoms with van der Waals surface area (Å²) in [5.74, 6) is -0.430. The van der Waals surface area contributed by atoms with E-state index in [4.69, 9.17) is 34.7 Å². The van der Waals surface area contributed by atoms with Gasteiger partial charge in [0, 0.05) is 30.2 Å². The van der Waals surface area contributed by atoms with E-state index in [1.165, 1.54) is 0 Å². The molecular weight excluding hydrogens is 443 g/mol. The van der Waals surface area contributed by atoms with Crippen LogP contribution in [0, 0.1) is 0 Å². The van der Waals surface area contributed by atoms with Crippen LogP contribution < -0.4 is 22.1 Å². The number of hydrogen-bond donors (Lipinski definition) is 4. The van der Waals surface area contributed by atoms with Crippen molar-refractivity contribution in [3.05, 3.63) is 34.9 Å². The fourth-order valence-corrected chi connectivity index (χ4v) is 4.02. The highest BCUT2D eigenvalue weighted by Gasteiger charge is 2.41. The molecule has 2 saturated heterocycles.